The lowest BCUT2D eigenvalue weighted by Crippen LogP contribution is -2.13. The average molecular weight is 452 g/mol. The molecule has 0 spiro atoms. The van der Waals surface area contributed by atoms with Gasteiger partial charge in [0.25, 0.3) is 5.91 Å². The van der Waals surface area contributed by atoms with Gasteiger partial charge >= 0.3 is 0 Å². The van der Waals surface area contributed by atoms with E-state index in [9.17, 15) is 4.79 Å². The van der Waals surface area contributed by atoms with E-state index in [-0.39, 0.29) is 15.7 Å². The number of rotatable bonds is 5. The number of anilines is 1. The summed E-state index contributed by atoms with van der Waals surface area (Å²) in [6.45, 7) is 0. The molecule has 2 heterocycles. The van der Waals surface area contributed by atoms with Crippen molar-refractivity contribution in [2.45, 2.75) is 6.42 Å². The fourth-order valence-corrected chi connectivity index (χ4v) is 3.62. The summed E-state index contributed by atoms with van der Waals surface area (Å²) in [6.07, 6.45) is 3.30. The minimum atomic E-state index is -0.406. The van der Waals surface area contributed by atoms with Crippen LogP contribution >= 0.6 is 23.2 Å². The Morgan fingerprint density at radius 1 is 1.16 bits per heavy atom. The lowest BCUT2D eigenvalue weighted by Gasteiger charge is -2.10. The molecule has 0 saturated carbocycles. The highest BCUT2D eigenvalue weighted by Crippen LogP contribution is 2.31. The van der Waals surface area contributed by atoms with Crippen molar-refractivity contribution in [1.29, 1.82) is 5.26 Å². The van der Waals surface area contributed by atoms with E-state index in [1.165, 1.54) is 12.4 Å². The summed E-state index contributed by atoms with van der Waals surface area (Å²) in [6, 6.07) is 12.6. The van der Waals surface area contributed by atoms with Crippen molar-refractivity contribution in [1.82, 2.24) is 15.0 Å². The quantitative estimate of drug-likeness (QED) is 0.444. The van der Waals surface area contributed by atoms with E-state index in [0.29, 0.717) is 40.2 Å². The van der Waals surface area contributed by atoms with Crippen LogP contribution in [0.25, 0.3) is 11.0 Å². The second-order valence-electron chi connectivity index (χ2n) is 6.64. The molecule has 9 heteroatoms. The van der Waals surface area contributed by atoms with Crippen LogP contribution in [0.4, 0.5) is 5.69 Å². The Morgan fingerprint density at radius 2 is 1.87 bits per heavy atom. The lowest BCUT2D eigenvalue weighted by molar-refractivity contribution is 0.102. The van der Waals surface area contributed by atoms with Gasteiger partial charge in [0, 0.05) is 18.8 Å². The van der Waals surface area contributed by atoms with Gasteiger partial charge in [-0.15, -0.1) is 0 Å². The highest BCUT2D eigenvalue weighted by Gasteiger charge is 2.19. The predicted octanol–water partition coefficient (Wildman–Crippen LogP) is 4.99. The first-order chi connectivity index (χ1) is 15.0. The summed E-state index contributed by atoms with van der Waals surface area (Å²) in [5.74, 6) is 0.781. The Bertz CT molecular complexity index is 1310. The maximum absolute atomic E-state index is 13.0. The number of fused-ring (bicyclic) bond motifs is 1. The zero-order valence-electron chi connectivity index (χ0n) is 16.2. The topological polar surface area (TPSA) is 104 Å². The summed E-state index contributed by atoms with van der Waals surface area (Å²) in [4.78, 5) is 24.7. The van der Waals surface area contributed by atoms with Crippen LogP contribution in [0.5, 0.6) is 5.75 Å². The molecular formula is C22H15Cl2N5O2. The monoisotopic (exact) mass is 451 g/mol. The molecule has 2 aromatic heterocycles. The minimum absolute atomic E-state index is 0.233. The van der Waals surface area contributed by atoms with Gasteiger partial charge in [0.05, 0.1) is 45.6 Å². The predicted molar refractivity (Wildman–Crippen MR) is 119 cm³/mol. The van der Waals surface area contributed by atoms with E-state index in [0.717, 1.165) is 5.56 Å². The van der Waals surface area contributed by atoms with Crippen LogP contribution in [0.3, 0.4) is 0 Å². The molecule has 7 nitrogen and oxygen atoms in total. The number of imidazole rings is 1. The number of carbonyl (C=O) groups is 1. The first-order valence-corrected chi connectivity index (χ1v) is 9.90. The number of carbonyl (C=O) groups excluding carboxylic acids is 1. The van der Waals surface area contributed by atoms with Crippen LogP contribution in [0, 0.1) is 11.3 Å². The normalized spacial score (nSPS) is 10.6. The molecule has 0 aliphatic heterocycles. The molecule has 0 saturated heterocycles. The number of aromatic amines is 1. The molecule has 31 heavy (non-hydrogen) atoms. The molecule has 0 bridgehead atoms. The van der Waals surface area contributed by atoms with Gasteiger partial charge in [-0.1, -0.05) is 35.3 Å². The lowest BCUT2D eigenvalue weighted by atomic mass is 10.1. The minimum Gasteiger partial charge on any atom is -0.494 e. The summed E-state index contributed by atoms with van der Waals surface area (Å²) >= 11 is 12.2. The van der Waals surface area contributed by atoms with E-state index < -0.39 is 5.91 Å². The maximum Gasteiger partial charge on any atom is 0.257 e. The number of hydrogen-bond acceptors (Lipinski definition) is 5. The van der Waals surface area contributed by atoms with Gasteiger partial charge in [-0.3, -0.25) is 9.78 Å². The van der Waals surface area contributed by atoms with E-state index >= 15 is 0 Å². The van der Waals surface area contributed by atoms with Crippen molar-refractivity contribution in [2.24, 2.45) is 0 Å². The van der Waals surface area contributed by atoms with Crippen molar-refractivity contribution < 1.29 is 9.53 Å². The van der Waals surface area contributed by atoms with E-state index in [1.54, 1.807) is 31.4 Å². The molecule has 0 radical (unpaired) electrons. The second-order valence-corrected chi connectivity index (χ2v) is 7.45. The molecule has 0 aliphatic carbocycles. The maximum atomic E-state index is 13.0. The molecule has 0 fully saturated rings. The van der Waals surface area contributed by atoms with Gasteiger partial charge in [0.15, 0.2) is 0 Å². The van der Waals surface area contributed by atoms with Crippen molar-refractivity contribution >= 4 is 45.8 Å². The molecule has 0 unspecified atom stereocenters. The summed E-state index contributed by atoms with van der Waals surface area (Å²) < 4.78 is 5.41. The molecule has 0 aliphatic rings. The Labute approximate surface area is 187 Å². The fourth-order valence-electron chi connectivity index (χ4n) is 3.16. The van der Waals surface area contributed by atoms with Crippen LogP contribution in [0.15, 0.2) is 48.8 Å². The smallest absolute Gasteiger partial charge is 0.257 e. The first-order valence-electron chi connectivity index (χ1n) is 9.15. The number of nitrogens with zero attached hydrogens (tertiary/aromatic N) is 3. The molecular weight excluding hydrogens is 437 g/mol. The summed E-state index contributed by atoms with van der Waals surface area (Å²) in [5, 5.41) is 12.2. The van der Waals surface area contributed by atoms with Crippen LogP contribution in [0.1, 0.15) is 27.3 Å². The van der Waals surface area contributed by atoms with Crippen molar-refractivity contribution in [3.05, 3.63) is 81.4 Å². The van der Waals surface area contributed by atoms with Crippen LogP contribution in [-0.2, 0) is 6.42 Å². The van der Waals surface area contributed by atoms with Gasteiger partial charge in [-0.05, 0) is 29.8 Å². The Kier molecular flexibility index (Phi) is 5.76. The largest absolute Gasteiger partial charge is 0.494 e. The highest BCUT2D eigenvalue weighted by molar-refractivity contribution is 6.39. The number of nitrogens with one attached hydrogen (secondary N) is 2. The Morgan fingerprint density at radius 3 is 2.52 bits per heavy atom. The van der Waals surface area contributed by atoms with Gasteiger partial charge in [0.2, 0.25) is 0 Å². The zero-order valence-corrected chi connectivity index (χ0v) is 17.8. The van der Waals surface area contributed by atoms with Crippen LogP contribution < -0.4 is 10.1 Å². The van der Waals surface area contributed by atoms with Crippen LogP contribution in [-0.4, -0.2) is 28.0 Å². The SMILES string of the molecule is COc1ccc(C(=O)Nc2c(Cl)cncc2Cl)c2[nH]c(Cc3ccc(C#N)cc3)nc12. The zero-order chi connectivity index (χ0) is 22.0. The number of H-pyrrole nitrogens is 1. The number of methoxy groups -OCH3 is 1. The number of hydrogen-bond donors (Lipinski definition) is 2. The standard InChI is InChI=1S/C22H15Cl2N5O2/c1-31-17-7-6-14(22(30)29-20-15(23)10-26-11-16(20)24)19-21(17)28-18(27-19)8-12-2-4-13(9-25)5-3-12/h2-7,10-11H,8H2,1H3,(H,27,28)(H,26,29,30). The van der Waals surface area contributed by atoms with Gasteiger partial charge in [0.1, 0.15) is 17.1 Å². The molecule has 154 valence electrons. The third-order valence-corrected chi connectivity index (χ3v) is 5.24. The highest BCUT2D eigenvalue weighted by atomic mass is 35.5. The van der Waals surface area contributed by atoms with Gasteiger partial charge in [-0.25, -0.2) is 4.98 Å². The average Bonchev–Trinajstić information content (AvgIpc) is 3.19. The number of nitriles is 1. The van der Waals surface area contributed by atoms with Crippen molar-refractivity contribution in [2.75, 3.05) is 12.4 Å². The molecule has 4 rings (SSSR count). The second kappa shape index (κ2) is 8.64. The number of aromatic nitrogens is 3. The molecule has 2 aromatic carbocycles. The number of amides is 1. The third kappa shape index (κ3) is 4.17. The fraction of sp³-hybridized carbons (Fsp3) is 0.0909. The van der Waals surface area contributed by atoms with Gasteiger partial charge in [-0.2, -0.15) is 5.26 Å². The molecule has 2 N–H and O–H groups in total. The number of pyridine rings is 1. The first kappa shape index (κ1) is 20.7. The van der Waals surface area contributed by atoms with Crippen molar-refractivity contribution in [3.63, 3.8) is 0 Å². The molecule has 1 amide bonds. The van der Waals surface area contributed by atoms with Gasteiger partial charge < -0.3 is 15.0 Å². The van der Waals surface area contributed by atoms with Crippen LogP contribution in [0.2, 0.25) is 10.0 Å². The third-order valence-electron chi connectivity index (χ3n) is 4.67. The van der Waals surface area contributed by atoms with Crippen molar-refractivity contribution in [3.8, 4) is 11.8 Å². The van der Waals surface area contributed by atoms with E-state index in [4.69, 9.17) is 33.2 Å². The Balaban J connectivity index is 1.70. The van der Waals surface area contributed by atoms with E-state index in [2.05, 4.69) is 26.3 Å². The number of ether oxygens (including phenoxy) is 1. The summed E-state index contributed by atoms with van der Waals surface area (Å²) in [5.41, 5.74) is 3.26. The Hall–Kier alpha value is -3.60. The molecule has 4 aromatic rings. The number of benzene rings is 2. The summed E-state index contributed by atoms with van der Waals surface area (Å²) in [7, 11) is 1.54. The number of halogens is 2. The van der Waals surface area contributed by atoms with E-state index in [1.807, 2.05) is 12.1 Å². The molecule has 0 atom stereocenters.